The number of aromatic nitrogens is 1. The van der Waals surface area contributed by atoms with Crippen LogP contribution in [-0.4, -0.2) is 58.0 Å². The molecule has 1 unspecified atom stereocenters. The normalized spacial score (nSPS) is 23.2. The first-order valence-electron chi connectivity index (χ1n) is 11.5. The number of benzene rings is 2. The second-order valence-corrected chi connectivity index (χ2v) is 11.7. The van der Waals surface area contributed by atoms with Crippen molar-refractivity contribution in [3.8, 4) is 0 Å². The lowest BCUT2D eigenvalue weighted by Gasteiger charge is -2.42. The number of sulfone groups is 1. The van der Waals surface area contributed by atoms with Crippen LogP contribution in [-0.2, 0) is 21.1 Å². The van der Waals surface area contributed by atoms with E-state index in [-0.39, 0.29) is 17.2 Å². The van der Waals surface area contributed by atoms with Gasteiger partial charge in [0.15, 0.2) is 9.84 Å². The zero-order valence-corrected chi connectivity index (χ0v) is 19.5. The van der Waals surface area contributed by atoms with Gasteiger partial charge in [0.2, 0.25) is 0 Å². The van der Waals surface area contributed by atoms with E-state index in [4.69, 9.17) is 9.72 Å². The summed E-state index contributed by atoms with van der Waals surface area (Å²) in [5.74, 6) is 0.874. The van der Waals surface area contributed by atoms with Gasteiger partial charge < -0.3 is 20.3 Å². The van der Waals surface area contributed by atoms with Gasteiger partial charge in [-0.15, -0.1) is 0 Å². The Hall–Kier alpha value is -2.68. The van der Waals surface area contributed by atoms with Gasteiger partial charge in [-0.3, -0.25) is 0 Å². The summed E-state index contributed by atoms with van der Waals surface area (Å²) in [6.45, 7) is 6.41. The average Bonchev–Trinajstić information content (AvgIpc) is 3.15. The van der Waals surface area contributed by atoms with E-state index in [0.29, 0.717) is 18.0 Å². The van der Waals surface area contributed by atoms with E-state index in [1.54, 1.807) is 12.1 Å². The van der Waals surface area contributed by atoms with Crippen LogP contribution in [0.3, 0.4) is 0 Å². The topological polar surface area (TPSA) is 83.6 Å². The van der Waals surface area contributed by atoms with Crippen LogP contribution in [0.5, 0.6) is 0 Å². The molecule has 172 valence electrons. The van der Waals surface area contributed by atoms with Crippen LogP contribution in [0.2, 0.25) is 0 Å². The molecule has 6 rings (SSSR count). The lowest BCUT2D eigenvalue weighted by atomic mass is 9.81. The predicted molar refractivity (Wildman–Crippen MR) is 130 cm³/mol. The van der Waals surface area contributed by atoms with Gasteiger partial charge in [0.05, 0.1) is 34.8 Å². The maximum atomic E-state index is 12.8. The standard InChI is InChI=1S/C25H28N4O3S/c1-17-6-7-20-19(10-17)21(27-23-12-26-14-25(23)15-32-16-25)11-24(28-20)29-8-9-33(30,31)22-5-3-2-4-18(22)13-29/h2-7,10-11,23,26H,8-9,12-16H2,1H3,(H,27,28). The number of hydrogen-bond acceptors (Lipinski definition) is 7. The van der Waals surface area contributed by atoms with Crippen LogP contribution >= 0.6 is 0 Å². The molecule has 3 aromatic rings. The van der Waals surface area contributed by atoms with Crippen LogP contribution in [0.25, 0.3) is 10.9 Å². The lowest BCUT2D eigenvalue weighted by Crippen LogP contribution is -2.53. The Morgan fingerprint density at radius 2 is 2.03 bits per heavy atom. The average molecular weight is 465 g/mol. The maximum absolute atomic E-state index is 12.8. The minimum absolute atomic E-state index is 0.0768. The molecule has 3 aliphatic heterocycles. The maximum Gasteiger partial charge on any atom is 0.180 e. The van der Waals surface area contributed by atoms with Crippen LogP contribution < -0.4 is 15.5 Å². The van der Waals surface area contributed by atoms with Gasteiger partial charge in [-0.25, -0.2) is 13.4 Å². The Kier molecular flexibility index (Phi) is 4.87. The Labute approximate surface area is 194 Å². The highest BCUT2D eigenvalue weighted by Gasteiger charge is 2.49. The van der Waals surface area contributed by atoms with Gasteiger partial charge in [0, 0.05) is 49.4 Å². The summed E-state index contributed by atoms with van der Waals surface area (Å²) in [4.78, 5) is 7.48. The smallest absolute Gasteiger partial charge is 0.180 e. The molecule has 2 N–H and O–H groups in total. The minimum Gasteiger partial charge on any atom is -0.380 e. The van der Waals surface area contributed by atoms with Gasteiger partial charge >= 0.3 is 0 Å². The van der Waals surface area contributed by atoms with Crippen LogP contribution in [0, 0.1) is 12.3 Å². The molecule has 7 nitrogen and oxygen atoms in total. The number of rotatable bonds is 3. The summed E-state index contributed by atoms with van der Waals surface area (Å²) in [6, 6.07) is 16.0. The van der Waals surface area contributed by atoms with Crippen molar-refractivity contribution in [2.24, 2.45) is 5.41 Å². The highest BCUT2D eigenvalue weighted by Crippen LogP contribution is 2.38. The second-order valence-electron chi connectivity index (χ2n) is 9.58. The van der Waals surface area contributed by atoms with E-state index < -0.39 is 9.84 Å². The number of nitrogens with zero attached hydrogens (tertiary/aromatic N) is 2. The molecular formula is C25H28N4O3S. The fraction of sp³-hybridized carbons (Fsp3) is 0.400. The Bertz CT molecular complexity index is 1340. The summed E-state index contributed by atoms with van der Waals surface area (Å²) in [6.07, 6.45) is 0. The Morgan fingerprint density at radius 3 is 2.85 bits per heavy atom. The molecule has 0 amide bonds. The zero-order chi connectivity index (χ0) is 22.6. The summed E-state index contributed by atoms with van der Waals surface area (Å²) in [5, 5.41) is 8.41. The van der Waals surface area contributed by atoms with Gasteiger partial charge in [0.25, 0.3) is 0 Å². The highest BCUT2D eigenvalue weighted by molar-refractivity contribution is 7.91. The van der Waals surface area contributed by atoms with Crippen LogP contribution in [0.4, 0.5) is 11.5 Å². The van der Waals surface area contributed by atoms with Crippen molar-refractivity contribution < 1.29 is 13.2 Å². The van der Waals surface area contributed by atoms with E-state index in [1.165, 1.54) is 5.56 Å². The van der Waals surface area contributed by atoms with Crippen molar-refractivity contribution in [3.05, 3.63) is 59.7 Å². The van der Waals surface area contributed by atoms with E-state index in [1.807, 2.05) is 12.1 Å². The first-order valence-corrected chi connectivity index (χ1v) is 13.1. The number of hydrogen-bond donors (Lipinski definition) is 2. The quantitative estimate of drug-likeness (QED) is 0.617. The summed E-state index contributed by atoms with van der Waals surface area (Å²) >= 11 is 0. The summed E-state index contributed by atoms with van der Waals surface area (Å²) in [7, 11) is -3.31. The Morgan fingerprint density at radius 1 is 1.18 bits per heavy atom. The second kappa shape index (κ2) is 7.68. The molecule has 1 spiro atoms. The first-order chi connectivity index (χ1) is 15.9. The largest absolute Gasteiger partial charge is 0.380 e. The van der Waals surface area contributed by atoms with Gasteiger partial charge in [-0.05, 0) is 30.7 Å². The summed E-state index contributed by atoms with van der Waals surface area (Å²) < 4.78 is 31.3. The fourth-order valence-electron chi connectivity index (χ4n) is 5.23. The van der Waals surface area contributed by atoms with Crippen molar-refractivity contribution in [1.29, 1.82) is 0 Å². The Balaban J connectivity index is 1.42. The molecule has 0 bridgehead atoms. The molecule has 8 heteroatoms. The van der Waals surface area contributed by atoms with Crippen molar-refractivity contribution in [1.82, 2.24) is 10.3 Å². The fourth-order valence-corrected chi connectivity index (χ4v) is 6.73. The molecule has 4 heterocycles. The number of pyridine rings is 1. The van der Waals surface area contributed by atoms with Crippen LogP contribution in [0.15, 0.2) is 53.4 Å². The SMILES string of the molecule is Cc1ccc2nc(N3CCS(=O)(=O)c4ccccc4C3)cc(NC3CNCC34COC4)c2c1. The van der Waals surface area contributed by atoms with E-state index in [2.05, 4.69) is 46.7 Å². The van der Waals surface area contributed by atoms with Crippen molar-refractivity contribution in [2.45, 2.75) is 24.4 Å². The predicted octanol–water partition coefficient (Wildman–Crippen LogP) is 2.74. The highest BCUT2D eigenvalue weighted by atomic mass is 32.2. The molecule has 0 aliphatic carbocycles. The van der Waals surface area contributed by atoms with Gasteiger partial charge in [0.1, 0.15) is 5.82 Å². The molecule has 0 saturated carbocycles. The van der Waals surface area contributed by atoms with Crippen molar-refractivity contribution in [2.75, 3.05) is 48.8 Å². The number of nitrogens with one attached hydrogen (secondary N) is 2. The molecule has 1 atom stereocenters. The third kappa shape index (κ3) is 3.57. The molecule has 2 aromatic carbocycles. The minimum atomic E-state index is -3.31. The lowest BCUT2D eigenvalue weighted by molar-refractivity contribution is -0.104. The van der Waals surface area contributed by atoms with Gasteiger partial charge in [-0.1, -0.05) is 29.8 Å². The van der Waals surface area contributed by atoms with E-state index in [9.17, 15) is 8.42 Å². The third-order valence-electron chi connectivity index (χ3n) is 7.25. The van der Waals surface area contributed by atoms with Crippen molar-refractivity contribution >= 4 is 32.2 Å². The molecule has 0 radical (unpaired) electrons. The van der Waals surface area contributed by atoms with E-state index >= 15 is 0 Å². The number of anilines is 2. The molecular weight excluding hydrogens is 436 g/mol. The number of aryl methyl sites for hydroxylation is 1. The molecule has 2 fully saturated rings. The van der Waals surface area contributed by atoms with Crippen LogP contribution in [0.1, 0.15) is 11.1 Å². The molecule has 1 aromatic heterocycles. The van der Waals surface area contributed by atoms with E-state index in [0.717, 1.165) is 54.3 Å². The number of fused-ring (bicyclic) bond motifs is 2. The van der Waals surface area contributed by atoms with Gasteiger partial charge in [-0.2, -0.15) is 0 Å². The first kappa shape index (κ1) is 20.9. The number of ether oxygens (including phenoxy) is 1. The monoisotopic (exact) mass is 464 g/mol. The molecule has 33 heavy (non-hydrogen) atoms. The third-order valence-corrected chi connectivity index (χ3v) is 9.04. The van der Waals surface area contributed by atoms with Crippen molar-refractivity contribution in [3.63, 3.8) is 0 Å². The molecule has 3 aliphatic rings. The zero-order valence-electron chi connectivity index (χ0n) is 18.7. The summed E-state index contributed by atoms with van der Waals surface area (Å²) in [5.41, 5.74) is 4.08. The molecule has 2 saturated heterocycles.